The van der Waals surface area contributed by atoms with Crippen molar-refractivity contribution in [1.29, 1.82) is 0 Å². The molecule has 2 heterocycles. The summed E-state index contributed by atoms with van der Waals surface area (Å²) in [4.78, 5) is 16.3. The molecule has 1 saturated heterocycles. The Morgan fingerprint density at radius 3 is 2.57 bits per heavy atom. The van der Waals surface area contributed by atoms with E-state index in [0.29, 0.717) is 21.3 Å². The second kappa shape index (κ2) is 7.73. The number of thiophene rings is 1. The summed E-state index contributed by atoms with van der Waals surface area (Å²) in [6, 6.07) is 2.40. The number of carbonyl (C=O) groups excluding carboxylic acids is 1. The number of halogens is 2. The van der Waals surface area contributed by atoms with E-state index in [1.165, 1.54) is 56.5 Å². The summed E-state index contributed by atoms with van der Waals surface area (Å²) in [6.07, 6.45) is 7.34. The van der Waals surface area contributed by atoms with Gasteiger partial charge in [-0.1, -0.05) is 36.0 Å². The molecular weight excluding hydrogens is 351 g/mol. The predicted molar refractivity (Wildman–Crippen MR) is 97.7 cm³/mol. The molecule has 1 N–H and O–H groups in total. The molecule has 0 radical (unpaired) electrons. The van der Waals surface area contributed by atoms with Crippen LogP contribution in [0.25, 0.3) is 0 Å². The van der Waals surface area contributed by atoms with Gasteiger partial charge in [-0.3, -0.25) is 4.79 Å². The SMILES string of the molecule is CNC(=O)C(c1cc(Cl)c(Cl)s1)[C@@H]1CCCC[C@H]1N1CCCC1. The molecule has 3 rings (SSSR count). The zero-order chi connectivity index (χ0) is 16.4. The average molecular weight is 375 g/mol. The van der Waals surface area contributed by atoms with Crippen LogP contribution in [0.1, 0.15) is 49.3 Å². The fraction of sp³-hybridized carbons (Fsp3) is 0.706. The lowest BCUT2D eigenvalue weighted by Gasteiger charge is -2.41. The van der Waals surface area contributed by atoms with Crippen molar-refractivity contribution in [2.75, 3.05) is 20.1 Å². The first-order valence-corrected chi connectivity index (χ1v) is 10.1. The Balaban J connectivity index is 1.91. The lowest BCUT2D eigenvalue weighted by atomic mass is 9.74. The lowest BCUT2D eigenvalue weighted by molar-refractivity contribution is -0.124. The maximum Gasteiger partial charge on any atom is 0.228 e. The number of likely N-dealkylation sites (tertiary alicyclic amines) is 1. The van der Waals surface area contributed by atoms with E-state index in [4.69, 9.17) is 23.2 Å². The van der Waals surface area contributed by atoms with Crippen LogP contribution < -0.4 is 5.32 Å². The minimum Gasteiger partial charge on any atom is -0.359 e. The van der Waals surface area contributed by atoms with Gasteiger partial charge >= 0.3 is 0 Å². The number of hydrogen-bond acceptors (Lipinski definition) is 3. The Morgan fingerprint density at radius 2 is 1.96 bits per heavy atom. The van der Waals surface area contributed by atoms with E-state index in [1.54, 1.807) is 7.05 Å². The van der Waals surface area contributed by atoms with E-state index >= 15 is 0 Å². The molecule has 128 valence electrons. The summed E-state index contributed by atoms with van der Waals surface area (Å²) in [7, 11) is 1.72. The topological polar surface area (TPSA) is 32.3 Å². The number of likely N-dealkylation sites (N-methyl/N-ethyl adjacent to an activating group) is 1. The van der Waals surface area contributed by atoms with E-state index in [-0.39, 0.29) is 11.8 Å². The molecule has 2 fully saturated rings. The third-order valence-corrected chi connectivity index (χ3v) is 7.27. The van der Waals surface area contributed by atoms with Crippen molar-refractivity contribution in [3.63, 3.8) is 0 Å². The largest absolute Gasteiger partial charge is 0.359 e. The summed E-state index contributed by atoms with van der Waals surface area (Å²) in [5.74, 6) is 0.309. The van der Waals surface area contributed by atoms with Crippen molar-refractivity contribution < 1.29 is 4.79 Å². The first kappa shape index (κ1) is 17.5. The maximum absolute atomic E-state index is 12.7. The van der Waals surface area contributed by atoms with Crippen molar-refractivity contribution >= 4 is 40.4 Å². The normalized spacial score (nSPS) is 27.1. The molecule has 1 aromatic rings. The van der Waals surface area contributed by atoms with Gasteiger partial charge in [0.2, 0.25) is 5.91 Å². The summed E-state index contributed by atoms with van der Waals surface area (Å²) >= 11 is 13.8. The molecule has 0 aromatic carbocycles. The molecule has 1 unspecified atom stereocenters. The summed E-state index contributed by atoms with van der Waals surface area (Å²) in [5, 5.41) is 3.43. The van der Waals surface area contributed by atoms with Crippen molar-refractivity contribution in [2.24, 2.45) is 5.92 Å². The van der Waals surface area contributed by atoms with Crippen LogP contribution in [0.5, 0.6) is 0 Å². The van der Waals surface area contributed by atoms with Crippen LogP contribution in [0.4, 0.5) is 0 Å². The first-order chi connectivity index (χ1) is 11.1. The van der Waals surface area contributed by atoms with Gasteiger partial charge in [0.15, 0.2) is 0 Å². The highest BCUT2D eigenvalue weighted by Gasteiger charge is 2.40. The molecule has 6 heteroatoms. The molecule has 0 bridgehead atoms. The van der Waals surface area contributed by atoms with Gasteiger partial charge in [-0.05, 0) is 50.8 Å². The smallest absolute Gasteiger partial charge is 0.228 e. The molecule has 1 amide bonds. The van der Waals surface area contributed by atoms with Crippen LogP contribution >= 0.6 is 34.5 Å². The van der Waals surface area contributed by atoms with Crippen LogP contribution in [-0.2, 0) is 4.79 Å². The van der Waals surface area contributed by atoms with E-state index in [2.05, 4.69) is 10.2 Å². The lowest BCUT2D eigenvalue weighted by Crippen LogP contribution is -2.46. The van der Waals surface area contributed by atoms with Crippen LogP contribution in [0.2, 0.25) is 9.36 Å². The quantitative estimate of drug-likeness (QED) is 0.838. The maximum atomic E-state index is 12.7. The minimum absolute atomic E-state index is 0.0932. The molecule has 1 aliphatic carbocycles. The van der Waals surface area contributed by atoms with Crippen LogP contribution in [0, 0.1) is 5.92 Å². The van der Waals surface area contributed by atoms with E-state index < -0.39 is 0 Å². The standard InChI is InChI=1S/C17H24Cl2N2OS/c1-20-17(22)15(14-10-12(18)16(19)23-14)11-6-2-3-7-13(11)21-8-4-5-9-21/h10-11,13,15H,2-9H2,1H3,(H,20,22)/t11-,13-,15?/m1/s1. The van der Waals surface area contributed by atoms with Gasteiger partial charge in [0, 0.05) is 18.0 Å². The van der Waals surface area contributed by atoms with Crippen LogP contribution in [0.15, 0.2) is 6.07 Å². The van der Waals surface area contributed by atoms with Gasteiger partial charge in [-0.2, -0.15) is 0 Å². The highest BCUT2D eigenvalue weighted by atomic mass is 35.5. The third kappa shape index (κ3) is 3.71. The highest BCUT2D eigenvalue weighted by Crippen LogP contribution is 2.44. The average Bonchev–Trinajstić information content (AvgIpc) is 3.19. The Kier molecular flexibility index (Phi) is 5.89. The monoisotopic (exact) mass is 374 g/mol. The number of rotatable bonds is 4. The fourth-order valence-electron chi connectivity index (χ4n) is 4.26. The minimum atomic E-state index is -0.138. The van der Waals surface area contributed by atoms with Gasteiger partial charge in [-0.25, -0.2) is 0 Å². The number of amides is 1. The molecule has 1 saturated carbocycles. The van der Waals surface area contributed by atoms with E-state index in [0.717, 1.165) is 11.3 Å². The van der Waals surface area contributed by atoms with Crippen molar-refractivity contribution in [1.82, 2.24) is 10.2 Å². The van der Waals surface area contributed by atoms with Crippen molar-refractivity contribution in [3.05, 3.63) is 20.3 Å². The molecular formula is C17H24Cl2N2OS. The van der Waals surface area contributed by atoms with Gasteiger partial charge in [0.25, 0.3) is 0 Å². The van der Waals surface area contributed by atoms with Crippen molar-refractivity contribution in [2.45, 2.75) is 50.5 Å². The van der Waals surface area contributed by atoms with Crippen molar-refractivity contribution in [3.8, 4) is 0 Å². The summed E-state index contributed by atoms with van der Waals surface area (Å²) in [6.45, 7) is 2.35. The second-order valence-electron chi connectivity index (χ2n) is 6.62. The Morgan fingerprint density at radius 1 is 1.26 bits per heavy atom. The molecule has 23 heavy (non-hydrogen) atoms. The number of carbonyl (C=O) groups is 1. The number of nitrogens with zero attached hydrogens (tertiary/aromatic N) is 1. The molecule has 2 aliphatic rings. The van der Waals surface area contributed by atoms with Crippen LogP contribution in [-0.4, -0.2) is 37.0 Å². The number of hydrogen-bond donors (Lipinski definition) is 1. The zero-order valence-corrected chi connectivity index (χ0v) is 15.8. The Bertz CT molecular complexity index is 537. The second-order valence-corrected chi connectivity index (χ2v) is 8.71. The van der Waals surface area contributed by atoms with Gasteiger partial charge in [0.05, 0.1) is 10.9 Å². The summed E-state index contributed by atoms with van der Waals surface area (Å²) < 4.78 is 0.587. The molecule has 3 atom stereocenters. The molecule has 1 aliphatic heterocycles. The van der Waals surface area contributed by atoms with E-state index in [1.807, 2.05) is 6.07 Å². The fourth-order valence-corrected chi connectivity index (χ4v) is 5.83. The molecule has 1 aromatic heterocycles. The first-order valence-electron chi connectivity index (χ1n) is 8.52. The van der Waals surface area contributed by atoms with Gasteiger partial charge in [-0.15, -0.1) is 11.3 Å². The zero-order valence-electron chi connectivity index (χ0n) is 13.5. The Hall–Kier alpha value is -0.290. The van der Waals surface area contributed by atoms with Gasteiger partial charge < -0.3 is 10.2 Å². The number of nitrogens with one attached hydrogen (secondary N) is 1. The van der Waals surface area contributed by atoms with Crippen LogP contribution in [0.3, 0.4) is 0 Å². The predicted octanol–water partition coefficient (Wildman–Crippen LogP) is 4.54. The third-order valence-electron chi connectivity index (χ3n) is 5.32. The highest BCUT2D eigenvalue weighted by molar-refractivity contribution is 7.17. The van der Waals surface area contributed by atoms with E-state index in [9.17, 15) is 4.79 Å². The molecule has 3 nitrogen and oxygen atoms in total. The molecule has 0 spiro atoms. The Labute approximate surface area is 152 Å². The van der Waals surface area contributed by atoms with Gasteiger partial charge in [0.1, 0.15) is 4.34 Å². The summed E-state index contributed by atoms with van der Waals surface area (Å²) in [5.41, 5.74) is 0.